The Hall–Kier alpha value is -1.32. The third kappa shape index (κ3) is 3.08. The fourth-order valence-corrected chi connectivity index (χ4v) is 2.35. The quantitative estimate of drug-likeness (QED) is 0.536. The molecule has 3 atom stereocenters. The number of hydrogen-bond acceptors (Lipinski definition) is 3. The van der Waals surface area contributed by atoms with E-state index in [0.717, 1.165) is 6.29 Å². The largest absolute Gasteiger partial charge is 0.530 e. The number of rotatable bonds is 2. The van der Waals surface area contributed by atoms with Gasteiger partial charge in [-0.05, 0) is 33.1 Å². The van der Waals surface area contributed by atoms with E-state index in [2.05, 4.69) is 0 Å². The SMILES string of the molecule is CC1C=CC(N(C(=O)[O-])C(C)(C)C)C(C=O)C1. The number of amides is 1. The van der Waals surface area contributed by atoms with E-state index in [1.807, 2.05) is 19.1 Å². The Morgan fingerprint density at radius 2 is 2.00 bits per heavy atom. The van der Waals surface area contributed by atoms with Crippen molar-refractivity contribution >= 4 is 12.4 Å². The Morgan fingerprint density at radius 1 is 1.41 bits per heavy atom. The summed E-state index contributed by atoms with van der Waals surface area (Å²) in [5.41, 5.74) is -0.574. The Bertz CT molecular complexity index is 330. The van der Waals surface area contributed by atoms with E-state index in [1.54, 1.807) is 20.8 Å². The maximum atomic E-state index is 11.3. The highest BCUT2D eigenvalue weighted by Crippen LogP contribution is 2.29. The lowest BCUT2D eigenvalue weighted by Crippen LogP contribution is -2.58. The van der Waals surface area contributed by atoms with E-state index in [9.17, 15) is 14.7 Å². The summed E-state index contributed by atoms with van der Waals surface area (Å²) in [6.45, 7) is 7.42. The van der Waals surface area contributed by atoms with Gasteiger partial charge in [0.25, 0.3) is 0 Å². The molecule has 0 aliphatic heterocycles. The van der Waals surface area contributed by atoms with Gasteiger partial charge in [-0.25, -0.2) is 0 Å². The average Bonchev–Trinajstić information content (AvgIpc) is 2.17. The van der Waals surface area contributed by atoms with Gasteiger partial charge in [-0.3, -0.25) is 0 Å². The molecule has 0 spiro atoms. The van der Waals surface area contributed by atoms with Crippen LogP contribution in [0.25, 0.3) is 0 Å². The molecule has 1 rings (SSSR count). The number of carboxylic acid groups (broad SMARTS) is 1. The van der Waals surface area contributed by atoms with Crippen molar-refractivity contribution in [3.63, 3.8) is 0 Å². The lowest BCUT2D eigenvalue weighted by atomic mass is 9.83. The summed E-state index contributed by atoms with van der Waals surface area (Å²) in [4.78, 5) is 23.6. The van der Waals surface area contributed by atoms with Crippen LogP contribution in [-0.4, -0.2) is 28.9 Å². The summed E-state index contributed by atoms with van der Waals surface area (Å²) in [6, 6.07) is -0.409. The Balaban J connectivity index is 3.05. The van der Waals surface area contributed by atoms with Gasteiger partial charge < -0.3 is 19.6 Å². The van der Waals surface area contributed by atoms with Crippen LogP contribution in [0.4, 0.5) is 4.79 Å². The number of allylic oxidation sites excluding steroid dienone is 1. The fraction of sp³-hybridized carbons (Fsp3) is 0.692. The second-order valence-electron chi connectivity index (χ2n) is 5.70. The van der Waals surface area contributed by atoms with Crippen molar-refractivity contribution in [2.24, 2.45) is 11.8 Å². The van der Waals surface area contributed by atoms with Gasteiger partial charge in [0.15, 0.2) is 0 Å². The second kappa shape index (κ2) is 4.90. The summed E-state index contributed by atoms with van der Waals surface area (Å²) >= 11 is 0. The monoisotopic (exact) mass is 238 g/mol. The number of carbonyl (C=O) groups excluding carboxylic acids is 2. The summed E-state index contributed by atoms with van der Waals surface area (Å²) in [6.07, 6.45) is 4.09. The molecule has 3 unspecified atom stereocenters. The topological polar surface area (TPSA) is 60.4 Å². The van der Waals surface area contributed by atoms with Crippen LogP contribution in [0.5, 0.6) is 0 Å². The summed E-state index contributed by atoms with van der Waals surface area (Å²) in [7, 11) is 0. The molecule has 1 amide bonds. The van der Waals surface area contributed by atoms with Crippen molar-refractivity contribution in [3.05, 3.63) is 12.2 Å². The van der Waals surface area contributed by atoms with Gasteiger partial charge in [0.05, 0.1) is 6.04 Å². The van der Waals surface area contributed by atoms with Crippen LogP contribution in [0.2, 0.25) is 0 Å². The van der Waals surface area contributed by atoms with Crippen LogP contribution in [0.1, 0.15) is 34.1 Å². The molecule has 0 radical (unpaired) electrons. The van der Waals surface area contributed by atoms with Gasteiger partial charge in [-0.2, -0.15) is 0 Å². The zero-order valence-electron chi connectivity index (χ0n) is 10.8. The normalized spacial score (nSPS) is 28.8. The van der Waals surface area contributed by atoms with Crippen molar-refractivity contribution in [2.75, 3.05) is 0 Å². The predicted molar refractivity (Wildman–Crippen MR) is 63.3 cm³/mol. The molecule has 0 heterocycles. The maximum absolute atomic E-state index is 11.3. The zero-order chi connectivity index (χ0) is 13.2. The molecule has 0 fully saturated rings. The molecule has 4 nitrogen and oxygen atoms in total. The first-order valence-electron chi connectivity index (χ1n) is 5.91. The van der Waals surface area contributed by atoms with Crippen molar-refractivity contribution in [1.29, 1.82) is 0 Å². The summed E-state index contributed by atoms with van der Waals surface area (Å²) in [5, 5.41) is 11.3. The number of nitrogens with zero attached hydrogens (tertiary/aromatic N) is 1. The molecule has 0 aromatic carbocycles. The molecule has 4 heteroatoms. The number of hydrogen-bond donors (Lipinski definition) is 0. The van der Waals surface area contributed by atoms with Crippen molar-refractivity contribution in [3.8, 4) is 0 Å². The first-order chi connectivity index (χ1) is 7.77. The predicted octanol–water partition coefficient (Wildman–Crippen LogP) is 1.21. The Morgan fingerprint density at radius 3 is 2.41 bits per heavy atom. The van der Waals surface area contributed by atoms with Crippen LogP contribution >= 0.6 is 0 Å². The lowest BCUT2D eigenvalue weighted by Gasteiger charge is -2.46. The van der Waals surface area contributed by atoms with E-state index >= 15 is 0 Å². The molecular weight excluding hydrogens is 218 g/mol. The molecule has 96 valence electrons. The van der Waals surface area contributed by atoms with Crippen molar-refractivity contribution in [2.45, 2.75) is 45.7 Å². The molecule has 0 aromatic rings. The second-order valence-corrected chi connectivity index (χ2v) is 5.70. The smallest absolute Gasteiger partial charge is 0.137 e. The van der Waals surface area contributed by atoms with Gasteiger partial charge in [0, 0.05) is 11.5 Å². The minimum Gasteiger partial charge on any atom is -0.530 e. The molecule has 1 aliphatic rings. The van der Waals surface area contributed by atoms with Gasteiger partial charge in [0.1, 0.15) is 12.4 Å². The van der Waals surface area contributed by atoms with E-state index in [0.29, 0.717) is 12.3 Å². The Kier molecular flexibility index (Phi) is 3.96. The fourth-order valence-electron chi connectivity index (χ4n) is 2.35. The highest BCUT2D eigenvalue weighted by molar-refractivity contribution is 5.67. The molecular formula is C13H20NO3-. The summed E-state index contributed by atoms with van der Waals surface area (Å²) < 4.78 is 0. The average molecular weight is 238 g/mol. The number of carbonyl (C=O) groups is 2. The van der Waals surface area contributed by atoms with E-state index in [4.69, 9.17) is 0 Å². The standard InChI is InChI=1S/C13H21NO3/c1-9-5-6-11(10(7-9)8-15)14(12(16)17)13(2,3)4/h5-6,8-11H,7H2,1-4H3,(H,16,17)/p-1. The van der Waals surface area contributed by atoms with Crippen LogP contribution in [0.15, 0.2) is 12.2 Å². The molecule has 0 bridgehead atoms. The van der Waals surface area contributed by atoms with Crippen molar-refractivity contribution in [1.82, 2.24) is 4.90 Å². The van der Waals surface area contributed by atoms with E-state index in [1.165, 1.54) is 4.90 Å². The third-order valence-corrected chi connectivity index (χ3v) is 3.11. The van der Waals surface area contributed by atoms with E-state index < -0.39 is 17.7 Å². The molecule has 17 heavy (non-hydrogen) atoms. The van der Waals surface area contributed by atoms with Crippen LogP contribution < -0.4 is 5.11 Å². The van der Waals surface area contributed by atoms with Gasteiger partial charge in [0.2, 0.25) is 0 Å². The third-order valence-electron chi connectivity index (χ3n) is 3.11. The highest BCUT2D eigenvalue weighted by Gasteiger charge is 2.34. The number of aldehydes is 1. The Labute approximate surface area is 102 Å². The zero-order valence-corrected chi connectivity index (χ0v) is 10.8. The molecule has 1 aliphatic carbocycles. The van der Waals surface area contributed by atoms with Gasteiger partial charge in [-0.15, -0.1) is 0 Å². The molecule has 0 saturated carbocycles. The van der Waals surface area contributed by atoms with Crippen molar-refractivity contribution < 1.29 is 14.7 Å². The summed E-state index contributed by atoms with van der Waals surface area (Å²) in [5.74, 6) is 0.0251. The first kappa shape index (κ1) is 13.7. The van der Waals surface area contributed by atoms with Crippen LogP contribution in [0, 0.1) is 11.8 Å². The molecule has 0 N–H and O–H groups in total. The van der Waals surface area contributed by atoms with Crippen LogP contribution in [0.3, 0.4) is 0 Å². The van der Waals surface area contributed by atoms with Crippen LogP contribution in [-0.2, 0) is 4.79 Å². The molecule has 0 aromatic heterocycles. The van der Waals surface area contributed by atoms with E-state index in [-0.39, 0.29) is 5.92 Å². The maximum Gasteiger partial charge on any atom is 0.137 e. The lowest BCUT2D eigenvalue weighted by molar-refractivity contribution is -0.273. The minimum absolute atomic E-state index is 0.285. The minimum atomic E-state index is -1.23. The van der Waals surface area contributed by atoms with Gasteiger partial charge >= 0.3 is 0 Å². The highest BCUT2D eigenvalue weighted by atomic mass is 16.4. The first-order valence-corrected chi connectivity index (χ1v) is 5.91. The molecule has 0 saturated heterocycles. The van der Waals surface area contributed by atoms with Gasteiger partial charge in [-0.1, -0.05) is 19.1 Å².